The van der Waals surface area contributed by atoms with Crippen LogP contribution in [0.3, 0.4) is 0 Å². The molecule has 0 unspecified atom stereocenters. The van der Waals surface area contributed by atoms with Gasteiger partial charge in [-0.1, -0.05) is 0 Å². The van der Waals surface area contributed by atoms with E-state index in [1.165, 1.54) is 12.1 Å². The first-order chi connectivity index (χ1) is 12.3. The average molecular weight is 380 g/mol. The minimum Gasteiger partial charge on any atom is -0.477 e. The van der Waals surface area contributed by atoms with E-state index in [0.717, 1.165) is 25.9 Å². The summed E-state index contributed by atoms with van der Waals surface area (Å²) in [6.45, 7) is 5.28. The summed E-state index contributed by atoms with van der Waals surface area (Å²) in [5.41, 5.74) is 1.23. The Balaban J connectivity index is 0.000000197. The Labute approximate surface area is 154 Å². The van der Waals surface area contributed by atoms with E-state index in [-0.39, 0.29) is 16.7 Å². The molecule has 3 heterocycles. The maximum Gasteiger partial charge on any atom is 0.354 e. The molecule has 2 aromatic heterocycles. The number of carboxylic acid groups (broad SMARTS) is 2. The van der Waals surface area contributed by atoms with Crippen LogP contribution in [-0.4, -0.2) is 55.2 Å². The van der Waals surface area contributed by atoms with Crippen LogP contribution in [0.2, 0.25) is 5.28 Å². The number of carbonyl (C=O) groups is 2. The van der Waals surface area contributed by atoms with Gasteiger partial charge in [0.25, 0.3) is 0 Å². The molecule has 138 valence electrons. The van der Waals surface area contributed by atoms with E-state index in [0.29, 0.717) is 17.3 Å². The Bertz CT molecular complexity index is 804. The van der Waals surface area contributed by atoms with E-state index in [2.05, 4.69) is 19.9 Å². The zero-order valence-corrected chi connectivity index (χ0v) is 15.1. The van der Waals surface area contributed by atoms with Crippen molar-refractivity contribution in [1.82, 2.24) is 19.9 Å². The highest BCUT2D eigenvalue weighted by molar-refractivity contribution is 6.28. The summed E-state index contributed by atoms with van der Waals surface area (Å²) in [7, 11) is 0. The van der Waals surface area contributed by atoms with Crippen LogP contribution in [0.5, 0.6) is 0 Å². The van der Waals surface area contributed by atoms with Crippen molar-refractivity contribution in [3.05, 3.63) is 40.2 Å². The molecule has 26 heavy (non-hydrogen) atoms. The van der Waals surface area contributed by atoms with Crippen molar-refractivity contribution in [1.29, 1.82) is 0 Å². The zero-order chi connectivity index (χ0) is 19.3. The Kier molecular flexibility index (Phi) is 6.40. The molecule has 1 fully saturated rings. The van der Waals surface area contributed by atoms with Crippen LogP contribution >= 0.6 is 11.6 Å². The topological polar surface area (TPSA) is 129 Å². The SMILES string of the molecule is Cc1cc(C(=O)O)nc(Cl)n1.Cc1cc(C(=O)O)nc(N2CCCC2)n1. The minimum atomic E-state index is -1.10. The fourth-order valence-corrected chi connectivity index (χ4v) is 2.59. The molecule has 0 bridgehead atoms. The molecule has 1 aliphatic rings. The van der Waals surface area contributed by atoms with Crippen LogP contribution in [0.25, 0.3) is 0 Å². The number of anilines is 1. The Morgan fingerprint density at radius 1 is 0.923 bits per heavy atom. The van der Waals surface area contributed by atoms with Crippen LogP contribution < -0.4 is 4.90 Å². The Morgan fingerprint density at radius 2 is 1.42 bits per heavy atom. The van der Waals surface area contributed by atoms with Crippen LogP contribution in [-0.2, 0) is 0 Å². The van der Waals surface area contributed by atoms with E-state index in [9.17, 15) is 9.59 Å². The Morgan fingerprint density at radius 3 is 1.92 bits per heavy atom. The first kappa shape index (κ1) is 19.5. The number of carboxylic acids is 2. The van der Waals surface area contributed by atoms with Crippen molar-refractivity contribution in [3.8, 4) is 0 Å². The summed E-state index contributed by atoms with van der Waals surface area (Å²) in [5.74, 6) is -1.55. The number of aromatic nitrogens is 4. The van der Waals surface area contributed by atoms with Crippen LogP contribution in [0.15, 0.2) is 12.1 Å². The number of aromatic carboxylic acids is 2. The van der Waals surface area contributed by atoms with Crippen LogP contribution in [0, 0.1) is 13.8 Å². The minimum absolute atomic E-state index is 0.0394. The third-order valence-corrected chi connectivity index (χ3v) is 3.67. The summed E-state index contributed by atoms with van der Waals surface area (Å²) in [5, 5.41) is 17.3. The molecule has 2 aromatic rings. The van der Waals surface area contributed by atoms with Gasteiger partial charge in [-0.3, -0.25) is 0 Å². The van der Waals surface area contributed by atoms with Gasteiger partial charge in [-0.2, -0.15) is 0 Å². The lowest BCUT2D eigenvalue weighted by Crippen LogP contribution is -2.22. The number of hydrogen-bond acceptors (Lipinski definition) is 7. The quantitative estimate of drug-likeness (QED) is 0.770. The molecule has 9 nitrogen and oxygen atoms in total. The average Bonchev–Trinajstić information content (AvgIpc) is 3.08. The van der Waals surface area contributed by atoms with Gasteiger partial charge in [0, 0.05) is 24.5 Å². The first-order valence-electron chi connectivity index (χ1n) is 7.84. The summed E-state index contributed by atoms with van der Waals surface area (Å²) in [6, 6.07) is 2.84. The van der Waals surface area contributed by atoms with Crippen LogP contribution in [0.4, 0.5) is 5.95 Å². The number of hydrogen-bond donors (Lipinski definition) is 2. The summed E-state index contributed by atoms with van der Waals surface area (Å²) < 4.78 is 0. The molecule has 2 N–H and O–H groups in total. The second kappa shape index (κ2) is 8.52. The standard InChI is InChI=1S/C10H13N3O2.C6H5ClN2O2/c1-7-6-8(9(14)15)12-10(11-7)13-4-2-3-5-13;1-3-2-4(5(10)11)9-6(7)8-3/h6H,2-5H2,1H3,(H,14,15);2H,1H3,(H,10,11). The molecule has 0 spiro atoms. The normalized spacial score (nSPS) is 13.1. The van der Waals surface area contributed by atoms with Gasteiger partial charge in [-0.25, -0.2) is 29.5 Å². The predicted octanol–water partition coefficient (Wildman–Crippen LogP) is 2.22. The first-order valence-corrected chi connectivity index (χ1v) is 8.22. The van der Waals surface area contributed by atoms with Gasteiger partial charge in [-0.05, 0) is 50.4 Å². The van der Waals surface area contributed by atoms with E-state index in [4.69, 9.17) is 21.8 Å². The maximum atomic E-state index is 10.8. The maximum absolute atomic E-state index is 10.8. The molecule has 1 aliphatic heterocycles. The molecule has 0 aromatic carbocycles. The smallest absolute Gasteiger partial charge is 0.354 e. The lowest BCUT2D eigenvalue weighted by atomic mass is 10.3. The van der Waals surface area contributed by atoms with E-state index in [1.807, 2.05) is 4.90 Å². The summed E-state index contributed by atoms with van der Waals surface area (Å²) in [4.78, 5) is 38.7. The van der Waals surface area contributed by atoms with Crippen molar-refractivity contribution < 1.29 is 19.8 Å². The molecule has 3 rings (SSSR count). The summed E-state index contributed by atoms with van der Waals surface area (Å²) >= 11 is 5.41. The second-order valence-corrected chi connectivity index (χ2v) is 6.00. The van der Waals surface area contributed by atoms with Crippen molar-refractivity contribution in [2.75, 3.05) is 18.0 Å². The molecular formula is C16H18ClN5O4. The largest absolute Gasteiger partial charge is 0.477 e. The molecule has 0 atom stereocenters. The van der Waals surface area contributed by atoms with Gasteiger partial charge < -0.3 is 15.1 Å². The monoisotopic (exact) mass is 379 g/mol. The van der Waals surface area contributed by atoms with Crippen LogP contribution in [0.1, 0.15) is 45.2 Å². The highest BCUT2D eigenvalue weighted by Gasteiger charge is 2.17. The number of halogens is 1. The predicted molar refractivity (Wildman–Crippen MR) is 93.9 cm³/mol. The van der Waals surface area contributed by atoms with Gasteiger partial charge >= 0.3 is 11.9 Å². The number of nitrogens with zero attached hydrogens (tertiary/aromatic N) is 5. The molecule has 0 radical (unpaired) electrons. The Hall–Kier alpha value is -2.81. The second-order valence-electron chi connectivity index (χ2n) is 5.66. The molecule has 10 heteroatoms. The number of rotatable bonds is 3. The van der Waals surface area contributed by atoms with E-state index >= 15 is 0 Å². The summed E-state index contributed by atoms with van der Waals surface area (Å²) in [6.07, 6.45) is 2.25. The number of aryl methyl sites for hydroxylation is 2. The highest BCUT2D eigenvalue weighted by Crippen LogP contribution is 2.16. The van der Waals surface area contributed by atoms with Gasteiger partial charge in [0.05, 0.1) is 0 Å². The third kappa shape index (κ3) is 5.35. The fourth-order valence-electron chi connectivity index (χ4n) is 2.36. The molecule has 0 amide bonds. The van der Waals surface area contributed by atoms with Crippen molar-refractivity contribution in [2.45, 2.75) is 26.7 Å². The molecule has 0 aliphatic carbocycles. The lowest BCUT2D eigenvalue weighted by molar-refractivity contribution is 0.0679. The highest BCUT2D eigenvalue weighted by atomic mass is 35.5. The van der Waals surface area contributed by atoms with E-state index in [1.54, 1.807) is 13.8 Å². The van der Waals surface area contributed by atoms with Gasteiger partial charge in [0.2, 0.25) is 11.2 Å². The molecular weight excluding hydrogens is 362 g/mol. The van der Waals surface area contributed by atoms with Crippen molar-refractivity contribution >= 4 is 29.5 Å². The van der Waals surface area contributed by atoms with Gasteiger partial charge in [-0.15, -0.1) is 0 Å². The lowest BCUT2D eigenvalue weighted by Gasteiger charge is -2.15. The molecule has 1 saturated heterocycles. The van der Waals surface area contributed by atoms with Crippen molar-refractivity contribution in [3.63, 3.8) is 0 Å². The van der Waals surface area contributed by atoms with E-state index < -0.39 is 11.9 Å². The molecule has 0 saturated carbocycles. The fraction of sp³-hybridized carbons (Fsp3) is 0.375. The third-order valence-electron chi connectivity index (χ3n) is 3.50. The zero-order valence-electron chi connectivity index (χ0n) is 14.3. The van der Waals surface area contributed by atoms with Gasteiger partial charge in [0.1, 0.15) is 0 Å². The van der Waals surface area contributed by atoms with Crippen molar-refractivity contribution in [2.24, 2.45) is 0 Å². The van der Waals surface area contributed by atoms with Gasteiger partial charge in [0.15, 0.2) is 11.4 Å².